The quantitative estimate of drug-likeness (QED) is 0.313. The molecule has 10 heteroatoms. The largest absolute Gasteiger partial charge is 0.507 e. The number of hydrogen-bond acceptors (Lipinski definition) is 7. The van der Waals surface area contributed by atoms with E-state index in [2.05, 4.69) is 10.1 Å². The molecule has 0 spiro atoms. The number of amides is 1. The zero-order valence-electron chi connectivity index (χ0n) is 20.5. The van der Waals surface area contributed by atoms with Crippen LogP contribution in [0.25, 0.3) is 6.08 Å². The van der Waals surface area contributed by atoms with E-state index in [1.807, 2.05) is 0 Å². The summed E-state index contributed by atoms with van der Waals surface area (Å²) in [4.78, 5) is 36.5. The molecular weight excluding hydrogens is 476 g/mol. The van der Waals surface area contributed by atoms with Gasteiger partial charge in [0.25, 0.3) is 6.43 Å². The van der Waals surface area contributed by atoms with E-state index in [0.717, 1.165) is 0 Å². The summed E-state index contributed by atoms with van der Waals surface area (Å²) in [6.45, 7) is 4.29. The topological polar surface area (TPSA) is 115 Å². The van der Waals surface area contributed by atoms with Crippen molar-refractivity contribution in [1.82, 2.24) is 5.32 Å². The molecular formula is C26H29F2NO7. The van der Waals surface area contributed by atoms with Crippen LogP contribution in [0, 0.1) is 6.92 Å². The highest BCUT2D eigenvalue weighted by Crippen LogP contribution is 2.27. The van der Waals surface area contributed by atoms with Crippen LogP contribution in [-0.4, -0.2) is 37.1 Å². The Labute approximate surface area is 207 Å². The Hall–Kier alpha value is -3.95. The number of Topliss-reactive ketones (excluding diaryl/α,β-unsaturated/α-hetero) is 1. The van der Waals surface area contributed by atoms with Crippen molar-refractivity contribution in [3.8, 4) is 11.5 Å². The normalized spacial score (nSPS) is 12.6. The van der Waals surface area contributed by atoms with E-state index < -0.39 is 41.8 Å². The van der Waals surface area contributed by atoms with Gasteiger partial charge in [0.15, 0.2) is 5.78 Å². The molecule has 2 rings (SSSR count). The van der Waals surface area contributed by atoms with Gasteiger partial charge in [-0.15, -0.1) is 0 Å². The molecule has 1 unspecified atom stereocenters. The zero-order chi connectivity index (χ0) is 26.8. The Kier molecular flexibility index (Phi) is 10.4. The van der Waals surface area contributed by atoms with Crippen molar-refractivity contribution in [2.24, 2.45) is 0 Å². The number of hydrogen-bond donors (Lipinski definition) is 2. The zero-order valence-corrected chi connectivity index (χ0v) is 20.5. The van der Waals surface area contributed by atoms with E-state index in [9.17, 15) is 28.3 Å². The highest BCUT2D eigenvalue weighted by molar-refractivity contribution is 6.12. The van der Waals surface area contributed by atoms with Crippen molar-refractivity contribution in [1.29, 1.82) is 0 Å². The van der Waals surface area contributed by atoms with Crippen LogP contribution in [0.15, 0.2) is 51.3 Å². The van der Waals surface area contributed by atoms with Gasteiger partial charge in [-0.2, -0.15) is 0 Å². The first-order chi connectivity index (χ1) is 17.0. The molecule has 2 N–H and O–H groups in total. The van der Waals surface area contributed by atoms with E-state index in [0.29, 0.717) is 24.0 Å². The number of halogens is 2. The Morgan fingerprint density at radius 2 is 1.97 bits per heavy atom. The van der Waals surface area contributed by atoms with Crippen LogP contribution in [0.2, 0.25) is 0 Å². The van der Waals surface area contributed by atoms with E-state index in [1.165, 1.54) is 38.4 Å². The molecule has 1 aromatic carbocycles. The number of ketones is 1. The average molecular weight is 506 g/mol. The van der Waals surface area contributed by atoms with Gasteiger partial charge in [0, 0.05) is 18.2 Å². The summed E-state index contributed by atoms with van der Waals surface area (Å²) >= 11 is 0. The van der Waals surface area contributed by atoms with Gasteiger partial charge in [0.05, 0.1) is 7.11 Å². The predicted molar refractivity (Wildman–Crippen MR) is 130 cm³/mol. The number of aromatic hydroxyl groups is 1. The SMILES string of the molecule is COC(=O)N/C=C/CCC(C)c1cc(O)c(C(=O)/C(C)=C/c2ccc(OCC(F)F)cc2C)c(=O)o1. The number of aryl methyl sites for hydroxylation is 1. The number of carbonyl (C=O) groups is 2. The smallest absolute Gasteiger partial charge is 0.410 e. The van der Waals surface area contributed by atoms with Crippen LogP contribution >= 0.6 is 0 Å². The van der Waals surface area contributed by atoms with Gasteiger partial charge in [0.1, 0.15) is 29.4 Å². The predicted octanol–water partition coefficient (Wildman–Crippen LogP) is 5.34. The number of nitrogens with one attached hydrogen (secondary N) is 1. The molecule has 1 amide bonds. The van der Waals surface area contributed by atoms with E-state index in [-0.39, 0.29) is 23.0 Å². The Morgan fingerprint density at radius 3 is 2.58 bits per heavy atom. The summed E-state index contributed by atoms with van der Waals surface area (Å²) in [6, 6.07) is 5.93. The van der Waals surface area contributed by atoms with Crippen LogP contribution in [0.4, 0.5) is 13.6 Å². The first-order valence-corrected chi connectivity index (χ1v) is 11.1. The van der Waals surface area contributed by atoms with E-state index in [1.54, 1.807) is 32.1 Å². The third-order valence-corrected chi connectivity index (χ3v) is 5.28. The van der Waals surface area contributed by atoms with Gasteiger partial charge in [-0.05, 0) is 61.6 Å². The summed E-state index contributed by atoms with van der Waals surface area (Å²) in [5.41, 5.74) is 0.0339. The summed E-state index contributed by atoms with van der Waals surface area (Å²) in [5, 5.41) is 12.8. The minimum absolute atomic E-state index is 0.172. The molecule has 0 aliphatic carbocycles. The highest BCUT2D eigenvalue weighted by Gasteiger charge is 2.22. The minimum atomic E-state index is -2.59. The first kappa shape index (κ1) is 28.3. The van der Waals surface area contributed by atoms with Crippen LogP contribution in [0.1, 0.15) is 59.9 Å². The number of rotatable bonds is 11. The lowest BCUT2D eigenvalue weighted by atomic mass is 9.98. The molecule has 0 saturated carbocycles. The van der Waals surface area contributed by atoms with Gasteiger partial charge < -0.3 is 19.0 Å². The van der Waals surface area contributed by atoms with Crippen LogP contribution in [-0.2, 0) is 4.74 Å². The molecule has 194 valence electrons. The molecule has 1 aromatic heterocycles. The molecule has 1 atom stereocenters. The summed E-state index contributed by atoms with van der Waals surface area (Å²) in [7, 11) is 1.25. The lowest BCUT2D eigenvalue weighted by Crippen LogP contribution is -2.17. The maximum Gasteiger partial charge on any atom is 0.410 e. The maximum atomic E-state index is 12.9. The van der Waals surface area contributed by atoms with Gasteiger partial charge in [-0.1, -0.05) is 19.1 Å². The molecule has 8 nitrogen and oxygen atoms in total. The number of methoxy groups -OCH3 is 1. The molecule has 0 aliphatic rings. The number of benzene rings is 1. The van der Waals surface area contributed by atoms with Crippen LogP contribution < -0.4 is 15.7 Å². The molecule has 0 radical (unpaired) electrons. The number of alkyl carbamates (subject to hydrolysis) is 1. The van der Waals surface area contributed by atoms with Gasteiger partial charge >= 0.3 is 11.7 Å². The van der Waals surface area contributed by atoms with Crippen LogP contribution in [0.5, 0.6) is 11.5 Å². The standard InChI is InChI=1S/C26H29F2NO7/c1-15(7-5-6-10-29-26(33)34-4)21-13-20(30)23(25(32)36-21)24(31)17(3)11-18-8-9-19(12-16(18)2)35-14-22(27)28/h6,8-13,15,22,30H,5,7,14H2,1-4H3,(H,29,33)/b10-6+,17-11+. The first-order valence-electron chi connectivity index (χ1n) is 11.1. The maximum absolute atomic E-state index is 12.9. The third-order valence-electron chi connectivity index (χ3n) is 5.28. The minimum Gasteiger partial charge on any atom is -0.507 e. The Balaban J connectivity index is 2.14. The summed E-state index contributed by atoms with van der Waals surface area (Å²) < 4.78 is 39.4. The average Bonchev–Trinajstić information content (AvgIpc) is 2.82. The van der Waals surface area contributed by atoms with Crippen molar-refractivity contribution >= 4 is 18.0 Å². The van der Waals surface area contributed by atoms with Crippen molar-refractivity contribution < 1.29 is 37.4 Å². The van der Waals surface area contributed by atoms with Crippen molar-refractivity contribution in [2.45, 2.75) is 46.0 Å². The molecule has 0 saturated heterocycles. The van der Waals surface area contributed by atoms with Gasteiger partial charge in [-0.3, -0.25) is 10.1 Å². The number of carbonyl (C=O) groups excluding carboxylic acids is 2. The second-order valence-electron chi connectivity index (χ2n) is 8.09. The van der Waals surface area contributed by atoms with Gasteiger partial charge in [0.2, 0.25) is 0 Å². The number of ether oxygens (including phenoxy) is 2. The molecule has 0 aliphatic heterocycles. The number of allylic oxidation sites excluding steroid dienone is 2. The second kappa shape index (κ2) is 13.2. The molecule has 1 heterocycles. The summed E-state index contributed by atoms with van der Waals surface area (Å²) in [6.07, 6.45) is 2.58. The highest BCUT2D eigenvalue weighted by atomic mass is 19.3. The lowest BCUT2D eigenvalue weighted by molar-refractivity contribution is 0.0818. The van der Waals surface area contributed by atoms with E-state index in [4.69, 9.17) is 9.15 Å². The fourth-order valence-electron chi connectivity index (χ4n) is 3.26. The second-order valence-corrected chi connectivity index (χ2v) is 8.09. The molecule has 0 fully saturated rings. The van der Waals surface area contributed by atoms with Crippen molar-refractivity contribution in [3.05, 3.63) is 75.0 Å². The monoisotopic (exact) mass is 505 g/mol. The Bertz CT molecular complexity index is 1200. The van der Waals surface area contributed by atoms with Crippen molar-refractivity contribution in [3.63, 3.8) is 0 Å². The number of alkyl halides is 2. The van der Waals surface area contributed by atoms with Crippen molar-refractivity contribution in [2.75, 3.05) is 13.7 Å². The molecule has 0 bridgehead atoms. The van der Waals surface area contributed by atoms with E-state index >= 15 is 0 Å². The fourth-order valence-corrected chi connectivity index (χ4v) is 3.26. The Morgan fingerprint density at radius 1 is 1.25 bits per heavy atom. The summed E-state index contributed by atoms with van der Waals surface area (Å²) in [5.74, 6) is -0.941. The molecule has 2 aromatic rings. The fraction of sp³-hybridized carbons (Fsp3) is 0.346. The lowest BCUT2D eigenvalue weighted by Gasteiger charge is -2.11. The third kappa shape index (κ3) is 8.07. The molecule has 36 heavy (non-hydrogen) atoms. The van der Waals surface area contributed by atoms with Gasteiger partial charge in [-0.25, -0.2) is 18.4 Å². The van der Waals surface area contributed by atoms with Crippen LogP contribution in [0.3, 0.4) is 0 Å².